The monoisotopic (exact) mass is 317 g/mol. The average Bonchev–Trinajstić information content (AvgIpc) is 2.54. The Bertz CT molecular complexity index is 472. The van der Waals surface area contributed by atoms with Gasteiger partial charge in [-0.1, -0.05) is 31.2 Å². The minimum absolute atomic E-state index is 0.131. The van der Waals surface area contributed by atoms with Crippen LogP contribution >= 0.6 is 0 Å². The molecule has 1 amide bonds. The summed E-state index contributed by atoms with van der Waals surface area (Å²) in [5.41, 5.74) is 2.53. The first-order valence-electron chi connectivity index (χ1n) is 8.89. The number of nitrogens with zero attached hydrogens (tertiary/aromatic N) is 1. The van der Waals surface area contributed by atoms with Gasteiger partial charge in [-0.2, -0.15) is 0 Å². The van der Waals surface area contributed by atoms with Crippen LogP contribution in [-0.2, 0) is 17.9 Å². The number of carbonyl (C=O) groups is 1. The first kappa shape index (κ1) is 18.0. The van der Waals surface area contributed by atoms with Crippen LogP contribution < -0.4 is 10.6 Å². The van der Waals surface area contributed by atoms with Crippen molar-refractivity contribution < 1.29 is 4.79 Å². The largest absolute Gasteiger partial charge is 0.352 e. The molecule has 1 fully saturated rings. The molecule has 1 aliphatic heterocycles. The predicted molar refractivity (Wildman–Crippen MR) is 95.1 cm³/mol. The zero-order valence-corrected chi connectivity index (χ0v) is 14.6. The predicted octanol–water partition coefficient (Wildman–Crippen LogP) is 2.53. The number of rotatable bonds is 8. The summed E-state index contributed by atoms with van der Waals surface area (Å²) >= 11 is 0. The summed E-state index contributed by atoms with van der Waals surface area (Å²) in [6, 6.07) is 8.66. The Morgan fingerprint density at radius 2 is 2.00 bits per heavy atom. The van der Waals surface area contributed by atoms with E-state index >= 15 is 0 Å². The highest BCUT2D eigenvalue weighted by Gasteiger charge is 2.16. The number of carbonyl (C=O) groups excluding carboxylic acids is 1. The van der Waals surface area contributed by atoms with Gasteiger partial charge in [-0.05, 0) is 56.4 Å². The van der Waals surface area contributed by atoms with Crippen molar-refractivity contribution in [2.24, 2.45) is 5.92 Å². The number of hydrogen-bond acceptors (Lipinski definition) is 3. The van der Waals surface area contributed by atoms with E-state index in [0.29, 0.717) is 13.0 Å². The Kier molecular flexibility index (Phi) is 7.56. The molecule has 0 bridgehead atoms. The van der Waals surface area contributed by atoms with Crippen LogP contribution in [-0.4, -0.2) is 37.5 Å². The van der Waals surface area contributed by atoms with Crippen LogP contribution in [0.15, 0.2) is 24.3 Å². The lowest BCUT2D eigenvalue weighted by Crippen LogP contribution is -2.33. The van der Waals surface area contributed by atoms with Crippen molar-refractivity contribution in [3.8, 4) is 0 Å². The average molecular weight is 317 g/mol. The molecule has 1 saturated heterocycles. The van der Waals surface area contributed by atoms with Crippen molar-refractivity contribution in [3.05, 3.63) is 35.4 Å². The van der Waals surface area contributed by atoms with E-state index in [1.54, 1.807) is 0 Å². The Labute approximate surface area is 140 Å². The standard InChI is InChI=1S/C19H31N3O/c1-16-5-4-12-22(14-16)15-18-9-7-17(8-10-18)13-21-19(23)6-3-11-20-2/h7-10,16,20H,3-6,11-15H2,1-2H3,(H,21,23). The van der Waals surface area contributed by atoms with Crippen molar-refractivity contribution in [1.82, 2.24) is 15.5 Å². The van der Waals surface area contributed by atoms with Gasteiger partial charge in [0.15, 0.2) is 0 Å². The molecule has 0 spiro atoms. The van der Waals surface area contributed by atoms with Crippen LogP contribution in [0.25, 0.3) is 0 Å². The van der Waals surface area contributed by atoms with Crippen LogP contribution in [0.5, 0.6) is 0 Å². The molecule has 2 rings (SSSR count). The van der Waals surface area contributed by atoms with Gasteiger partial charge in [0.25, 0.3) is 0 Å². The summed E-state index contributed by atoms with van der Waals surface area (Å²) in [5, 5.41) is 6.04. The van der Waals surface area contributed by atoms with Crippen LogP contribution in [0.3, 0.4) is 0 Å². The molecule has 1 atom stereocenters. The fourth-order valence-electron chi connectivity index (χ4n) is 3.17. The molecule has 0 saturated carbocycles. The number of piperidine rings is 1. The molecular weight excluding hydrogens is 286 g/mol. The van der Waals surface area contributed by atoms with E-state index in [1.807, 2.05) is 7.05 Å². The summed E-state index contributed by atoms with van der Waals surface area (Å²) in [5.74, 6) is 0.952. The lowest BCUT2D eigenvalue weighted by Gasteiger charge is -2.30. The highest BCUT2D eigenvalue weighted by molar-refractivity contribution is 5.75. The van der Waals surface area contributed by atoms with Crippen LogP contribution in [0.1, 0.15) is 43.7 Å². The topological polar surface area (TPSA) is 44.4 Å². The normalized spacial score (nSPS) is 18.8. The minimum Gasteiger partial charge on any atom is -0.352 e. The molecule has 1 heterocycles. The fourth-order valence-corrected chi connectivity index (χ4v) is 3.17. The number of nitrogens with one attached hydrogen (secondary N) is 2. The van der Waals surface area contributed by atoms with E-state index in [1.165, 1.54) is 37.1 Å². The molecule has 0 aliphatic carbocycles. The van der Waals surface area contributed by atoms with Crippen molar-refractivity contribution in [2.75, 3.05) is 26.7 Å². The van der Waals surface area contributed by atoms with Gasteiger partial charge in [0, 0.05) is 26.1 Å². The van der Waals surface area contributed by atoms with Crippen LogP contribution in [0, 0.1) is 5.92 Å². The summed E-state index contributed by atoms with van der Waals surface area (Å²) < 4.78 is 0. The Balaban J connectivity index is 1.72. The third kappa shape index (κ3) is 6.71. The van der Waals surface area contributed by atoms with Crippen LogP contribution in [0.4, 0.5) is 0 Å². The summed E-state index contributed by atoms with van der Waals surface area (Å²) in [4.78, 5) is 14.3. The molecule has 2 N–H and O–H groups in total. The summed E-state index contributed by atoms with van der Waals surface area (Å²) in [6.45, 7) is 7.32. The lowest BCUT2D eigenvalue weighted by atomic mass is 9.99. The molecule has 23 heavy (non-hydrogen) atoms. The third-order valence-electron chi connectivity index (χ3n) is 4.49. The highest BCUT2D eigenvalue weighted by atomic mass is 16.1. The van der Waals surface area contributed by atoms with Gasteiger partial charge in [-0.3, -0.25) is 9.69 Å². The van der Waals surface area contributed by atoms with Gasteiger partial charge in [0.1, 0.15) is 0 Å². The zero-order valence-electron chi connectivity index (χ0n) is 14.6. The van der Waals surface area contributed by atoms with Crippen molar-refractivity contribution in [1.29, 1.82) is 0 Å². The molecule has 0 radical (unpaired) electrons. The van der Waals surface area contributed by atoms with Crippen LogP contribution in [0.2, 0.25) is 0 Å². The third-order valence-corrected chi connectivity index (χ3v) is 4.49. The number of hydrogen-bond donors (Lipinski definition) is 2. The second kappa shape index (κ2) is 9.68. The Hall–Kier alpha value is -1.39. The van der Waals surface area contributed by atoms with E-state index in [9.17, 15) is 4.79 Å². The van der Waals surface area contributed by atoms with Crippen molar-refractivity contribution >= 4 is 5.91 Å². The summed E-state index contributed by atoms with van der Waals surface area (Å²) in [6.07, 6.45) is 4.16. The fraction of sp³-hybridized carbons (Fsp3) is 0.632. The second-order valence-corrected chi connectivity index (χ2v) is 6.78. The molecule has 4 nitrogen and oxygen atoms in total. The van der Waals surface area contributed by atoms with E-state index in [2.05, 4.69) is 46.7 Å². The molecule has 0 aromatic heterocycles. The number of benzene rings is 1. The Morgan fingerprint density at radius 1 is 1.26 bits per heavy atom. The van der Waals surface area contributed by atoms with Gasteiger partial charge in [-0.25, -0.2) is 0 Å². The second-order valence-electron chi connectivity index (χ2n) is 6.78. The maximum Gasteiger partial charge on any atom is 0.220 e. The maximum atomic E-state index is 11.7. The molecule has 1 aromatic rings. The maximum absolute atomic E-state index is 11.7. The van der Waals surface area contributed by atoms with Crippen molar-refractivity contribution in [3.63, 3.8) is 0 Å². The van der Waals surface area contributed by atoms with E-state index < -0.39 is 0 Å². The SMILES string of the molecule is CNCCCC(=O)NCc1ccc(CN2CCCC(C)C2)cc1. The number of amides is 1. The first-order chi connectivity index (χ1) is 11.2. The molecular formula is C19H31N3O. The van der Waals surface area contributed by atoms with Gasteiger partial charge >= 0.3 is 0 Å². The van der Waals surface area contributed by atoms with Gasteiger partial charge < -0.3 is 10.6 Å². The number of likely N-dealkylation sites (tertiary alicyclic amines) is 1. The van der Waals surface area contributed by atoms with Gasteiger partial charge in [-0.15, -0.1) is 0 Å². The first-order valence-corrected chi connectivity index (χ1v) is 8.89. The van der Waals surface area contributed by atoms with E-state index in [0.717, 1.165) is 25.4 Å². The lowest BCUT2D eigenvalue weighted by molar-refractivity contribution is -0.121. The molecule has 1 aromatic carbocycles. The molecule has 1 unspecified atom stereocenters. The van der Waals surface area contributed by atoms with Crippen molar-refractivity contribution in [2.45, 2.75) is 45.7 Å². The van der Waals surface area contributed by atoms with Gasteiger partial charge in [0.2, 0.25) is 5.91 Å². The molecule has 1 aliphatic rings. The smallest absolute Gasteiger partial charge is 0.220 e. The zero-order chi connectivity index (χ0) is 16.5. The summed E-state index contributed by atoms with van der Waals surface area (Å²) in [7, 11) is 1.91. The van der Waals surface area contributed by atoms with E-state index in [-0.39, 0.29) is 5.91 Å². The highest BCUT2D eigenvalue weighted by Crippen LogP contribution is 2.18. The van der Waals surface area contributed by atoms with Gasteiger partial charge in [0.05, 0.1) is 0 Å². The quantitative estimate of drug-likeness (QED) is 0.724. The Morgan fingerprint density at radius 3 is 2.70 bits per heavy atom. The minimum atomic E-state index is 0.131. The van der Waals surface area contributed by atoms with E-state index in [4.69, 9.17) is 0 Å². The molecule has 4 heteroatoms. The molecule has 128 valence electrons.